The first-order chi connectivity index (χ1) is 10.0. The minimum absolute atomic E-state index is 0.0311. The monoisotopic (exact) mass is 310 g/mol. The predicted molar refractivity (Wildman–Crippen MR) is 85.3 cm³/mol. The van der Waals surface area contributed by atoms with Gasteiger partial charge in [0.25, 0.3) is 0 Å². The van der Waals surface area contributed by atoms with E-state index in [4.69, 9.17) is 10.5 Å². The summed E-state index contributed by atoms with van der Waals surface area (Å²) in [4.78, 5) is 26.7. The normalized spacial score (nSPS) is 14.0. The second-order valence-corrected chi connectivity index (χ2v) is 6.27. The van der Waals surface area contributed by atoms with E-state index in [1.54, 1.807) is 6.92 Å². The number of ketones is 1. The van der Waals surface area contributed by atoms with Crippen LogP contribution in [0.15, 0.2) is 0 Å². The highest BCUT2D eigenvalue weighted by atomic mass is 32.1. The Balaban J connectivity index is 2.45. The van der Waals surface area contributed by atoms with Gasteiger partial charge in [-0.2, -0.15) is 0 Å². The fraction of sp³-hybridized carbons (Fsp3) is 0.600. The predicted octanol–water partition coefficient (Wildman–Crippen LogP) is 2.95. The molecule has 1 aliphatic rings. The molecule has 1 aliphatic carbocycles. The molecule has 0 aliphatic heterocycles. The third kappa shape index (κ3) is 3.20. The maximum absolute atomic E-state index is 12.1. The number of esters is 1. The minimum Gasteiger partial charge on any atom is -0.465 e. The van der Waals surface area contributed by atoms with Crippen molar-refractivity contribution in [2.45, 2.75) is 33.1 Å². The number of hydrogen-bond acceptors (Lipinski definition) is 6. The van der Waals surface area contributed by atoms with E-state index in [0.29, 0.717) is 22.8 Å². The van der Waals surface area contributed by atoms with Crippen molar-refractivity contribution in [3.8, 4) is 0 Å². The van der Waals surface area contributed by atoms with Gasteiger partial charge in [0, 0.05) is 19.5 Å². The molecule has 0 atom stereocenters. The average Bonchev–Trinajstić information content (AvgIpc) is 3.25. The van der Waals surface area contributed by atoms with Gasteiger partial charge in [0.05, 0.1) is 17.7 Å². The van der Waals surface area contributed by atoms with Gasteiger partial charge in [-0.15, -0.1) is 11.3 Å². The number of nitrogens with two attached hydrogens (primary N) is 1. The van der Waals surface area contributed by atoms with Gasteiger partial charge in [0.15, 0.2) is 5.78 Å². The quantitative estimate of drug-likeness (QED) is 0.619. The minimum atomic E-state index is -0.469. The van der Waals surface area contributed by atoms with Crippen molar-refractivity contribution in [1.82, 2.24) is 0 Å². The first-order valence-electron chi connectivity index (χ1n) is 7.32. The number of hydrogen-bond donors (Lipinski definition) is 1. The first kappa shape index (κ1) is 15.8. The molecule has 2 rings (SSSR count). The lowest BCUT2D eigenvalue weighted by Gasteiger charge is -2.22. The summed E-state index contributed by atoms with van der Waals surface area (Å²) >= 11 is 1.32. The topological polar surface area (TPSA) is 72.6 Å². The molecule has 0 unspecified atom stereocenters. The van der Waals surface area contributed by atoms with Gasteiger partial charge in [0.1, 0.15) is 10.6 Å². The zero-order chi connectivity index (χ0) is 15.6. The van der Waals surface area contributed by atoms with Crippen LogP contribution < -0.4 is 10.6 Å². The van der Waals surface area contributed by atoms with Crippen molar-refractivity contribution in [2.24, 2.45) is 5.92 Å². The third-order valence-corrected chi connectivity index (χ3v) is 5.04. The molecule has 1 aromatic rings. The lowest BCUT2D eigenvalue weighted by molar-refractivity contribution is 0.0603. The maximum atomic E-state index is 12.1. The summed E-state index contributed by atoms with van der Waals surface area (Å²) in [5.41, 5.74) is 6.67. The average molecular weight is 310 g/mol. The highest BCUT2D eigenvalue weighted by molar-refractivity contribution is 7.19. The van der Waals surface area contributed by atoms with Crippen LogP contribution in [0.3, 0.4) is 0 Å². The molecule has 0 spiro atoms. The van der Waals surface area contributed by atoms with Gasteiger partial charge >= 0.3 is 5.97 Å². The Labute approximate surface area is 129 Å². The third-order valence-electron chi connectivity index (χ3n) is 3.73. The Kier molecular flexibility index (Phi) is 4.88. The molecule has 2 N–H and O–H groups in total. The molecular weight excluding hydrogens is 288 g/mol. The molecule has 0 radical (unpaired) electrons. The van der Waals surface area contributed by atoms with Crippen molar-refractivity contribution in [3.05, 3.63) is 10.4 Å². The fourth-order valence-electron chi connectivity index (χ4n) is 2.29. The van der Waals surface area contributed by atoms with Gasteiger partial charge in [-0.1, -0.05) is 6.92 Å². The molecular formula is C15H22N2O3S. The number of anilines is 2. The number of carbonyl (C=O) groups excluding carboxylic acids is 2. The van der Waals surface area contributed by atoms with Crippen LogP contribution >= 0.6 is 11.3 Å². The van der Waals surface area contributed by atoms with Gasteiger partial charge in [-0.3, -0.25) is 4.79 Å². The SMILES string of the molecule is CCC(=O)c1sc(N(CC)CC2CC2)c(C(=O)OC)c1N. The van der Waals surface area contributed by atoms with Crippen LogP contribution in [-0.2, 0) is 4.74 Å². The van der Waals surface area contributed by atoms with Crippen LogP contribution in [-0.4, -0.2) is 32.0 Å². The van der Waals surface area contributed by atoms with Crippen molar-refractivity contribution in [1.29, 1.82) is 0 Å². The number of nitrogen functional groups attached to an aromatic ring is 1. The van der Waals surface area contributed by atoms with Crippen LogP contribution in [0.4, 0.5) is 10.7 Å². The van der Waals surface area contributed by atoms with E-state index in [0.717, 1.165) is 18.1 Å². The van der Waals surface area contributed by atoms with E-state index in [-0.39, 0.29) is 11.5 Å². The van der Waals surface area contributed by atoms with Crippen LogP contribution in [0.5, 0.6) is 0 Å². The lowest BCUT2D eigenvalue weighted by Crippen LogP contribution is -2.26. The van der Waals surface area contributed by atoms with Gasteiger partial charge < -0.3 is 15.4 Å². The number of Topliss-reactive ketones (excluding diaryl/α,β-unsaturated/α-hetero) is 1. The molecule has 1 heterocycles. The zero-order valence-electron chi connectivity index (χ0n) is 12.8. The summed E-state index contributed by atoms with van der Waals surface area (Å²) in [6.07, 6.45) is 2.83. The molecule has 116 valence electrons. The van der Waals surface area contributed by atoms with Crippen molar-refractivity contribution in [2.75, 3.05) is 30.8 Å². The van der Waals surface area contributed by atoms with Crippen molar-refractivity contribution in [3.63, 3.8) is 0 Å². The van der Waals surface area contributed by atoms with E-state index in [2.05, 4.69) is 4.90 Å². The second-order valence-electron chi connectivity index (χ2n) is 5.28. The first-order valence-corrected chi connectivity index (χ1v) is 8.13. The fourth-order valence-corrected chi connectivity index (χ4v) is 3.58. The molecule has 0 bridgehead atoms. The van der Waals surface area contributed by atoms with Gasteiger partial charge in [-0.25, -0.2) is 4.79 Å². The molecule has 0 saturated heterocycles. The second kappa shape index (κ2) is 6.47. The number of thiophene rings is 1. The van der Waals surface area contributed by atoms with E-state index in [1.807, 2.05) is 6.92 Å². The Morgan fingerprint density at radius 3 is 2.52 bits per heavy atom. The zero-order valence-corrected chi connectivity index (χ0v) is 13.6. The molecule has 1 aromatic heterocycles. The van der Waals surface area contributed by atoms with Gasteiger partial charge in [0.2, 0.25) is 0 Å². The maximum Gasteiger partial charge on any atom is 0.343 e. The standard InChI is InChI=1S/C15H22N2O3S/c1-4-10(18)13-12(16)11(15(19)20-3)14(21-13)17(5-2)8-9-6-7-9/h9H,4-8,16H2,1-3H3. The smallest absolute Gasteiger partial charge is 0.343 e. The van der Waals surface area contributed by atoms with Crippen LogP contribution in [0.25, 0.3) is 0 Å². The van der Waals surface area contributed by atoms with Crippen molar-refractivity contribution >= 4 is 33.8 Å². The summed E-state index contributed by atoms with van der Waals surface area (Å²) in [6.45, 7) is 5.52. The molecule has 5 nitrogen and oxygen atoms in total. The number of methoxy groups -OCH3 is 1. The molecule has 1 fully saturated rings. The Morgan fingerprint density at radius 2 is 2.05 bits per heavy atom. The largest absolute Gasteiger partial charge is 0.465 e. The Bertz CT molecular complexity index is 549. The van der Waals surface area contributed by atoms with E-state index in [1.165, 1.54) is 31.3 Å². The number of rotatable bonds is 7. The Morgan fingerprint density at radius 1 is 1.38 bits per heavy atom. The summed E-state index contributed by atoms with van der Waals surface area (Å²) in [5.74, 6) is 0.184. The van der Waals surface area contributed by atoms with Crippen molar-refractivity contribution < 1.29 is 14.3 Å². The lowest BCUT2D eigenvalue weighted by atomic mass is 10.1. The summed E-state index contributed by atoms with van der Waals surface area (Å²) in [5, 5.41) is 0.769. The Hall–Kier alpha value is -1.56. The molecule has 6 heteroatoms. The van der Waals surface area contributed by atoms with Crippen LogP contribution in [0, 0.1) is 5.92 Å². The van der Waals surface area contributed by atoms with E-state index < -0.39 is 5.97 Å². The van der Waals surface area contributed by atoms with E-state index >= 15 is 0 Å². The number of ether oxygens (including phenoxy) is 1. The van der Waals surface area contributed by atoms with Gasteiger partial charge in [-0.05, 0) is 25.7 Å². The summed E-state index contributed by atoms with van der Waals surface area (Å²) < 4.78 is 4.85. The van der Waals surface area contributed by atoms with E-state index in [9.17, 15) is 9.59 Å². The summed E-state index contributed by atoms with van der Waals surface area (Å²) in [7, 11) is 1.34. The molecule has 0 aromatic carbocycles. The highest BCUT2D eigenvalue weighted by Crippen LogP contribution is 2.41. The molecule has 1 saturated carbocycles. The molecule has 21 heavy (non-hydrogen) atoms. The summed E-state index contributed by atoms with van der Waals surface area (Å²) in [6, 6.07) is 0. The number of nitrogens with zero attached hydrogens (tertiary/aromatic N) is 1. The number of carbonyl (C=O) groups is 2. The van der Waals surface area contributed by atoms with Crippen LogP contribution in [0.2, 0.25) is 0 Å². The highest BCUT2D eigenvalue weighted by Gasteiger charge is 2.31. The van der Waals surface area contributed by atoms with Crippen LogP contribution in [0.1, 0.15) is 53.1 Å². The molecule has 0 amide bonds.